The fourth-order valence-corrected chi connectivity index (χ4v) is 3.55. The van der Waals surface area contributed by atoms with E-state index in [-0.39, 0.29) is 11.5 Å². The quantitative estimate of drug-likeness (QED) is 0.654. The number of nitriles is 1. The molecule has 2 heterocycles. The van der Waals surface area contributed by atoms with Gasteiger partial charge in [0.15, 0.2) is 0 Å². The second kappa shape index (κ2) is 7.12. The molecule has 0 amide bonds. The van der Waals surface area contributed by atoms with Gasteiger partial charge in [-0.15, -0.1) is 5.10 Å². The Morgan fingerprint density at radius 2 is 1.93 bits per heavy atom. The number of H-pyrrole nitrogens is 1. The largest absolute Gasteiger partial charge is 0.497 e. The minimum absolute atomic E-state index is 0.0128. The standard InChI is InChI=1S/C20H14Cl2N4O2/c1-27-12-5-2-10(3-6-12)18-17-16(11-4-7-14(21)15(22)8-11)13(9-23)19(24)28-20(17)26-25-18/h2-8,16H,24H2,1H3,(H,25,26)/t16-/m1/s1. The number of nitrogens with one attached hydrogen (secondary N) is 1. The van der Waals surface area contributed by atoms with Gasteiger partial charge in [0.05, 0.1) is 34.3 Å². The summed E-state index contributed by atoms with van der Waals surface area (Å²) in [5.74, 6) is 0.563. The van der Waals surface area contributed by atoms with Crippen LogP contribution in [0.1, 0.15) is 17.0 Å². The predicted molar refractivity (Wildman–Crippen MR) is 106 cm³/mol. The smallest absolute Gasteiger partial charge is 0.244 e. The van der Waals surface area contributed by atoms with Gasteiger partial charge in [-0.25, -0.2) is 0 Å². The van der Waals surface area contributed by atoms with Crippen molar-refractivity contribution in [3.8, 4) is 29.0 Å². The number of nitrogens with zero attached hydrogens (tertiary/aromatic N) is 2. The molecule has 1 atom stereocenters. The van der Waals surface area contributed by atoms with Crippen molar-refractivity contribution in [2.45, 2.75) is 5.92 Å². The summed E-state index contributed by atoms with van der Waals surface area (Å²) in [4.78, 5) is 0. The molecule has 6 nitrogen and oxygen atoms in total. The Balaban J connectivity index is 1.92. The van der Waals surface area contributed by atoms with E-state index >= 15 is 0 Å². The van der Waals surface area contributed by atoms with Crippen molar-refractivity contribution in [3.63, 3.8) is 0 Å². The number of aromatic nitrogens is 2. The van der Waals surface area contributed by atoms with Crippen LogP contribution in [0, 0.1) is 11.3 Å². The highest BCUT2D eigenvalue weighted by Gasteiger charge is 2.35. The number of hydrogen-bond acceptors (Lipinski definition) is 5. The van der Waals surface area contributed by atoms with E-state index in [2.05, 4.69) is 16.3 Å². The van der Waals surface area contributed by atoms with Crippen LogP contribution in [0.3, 0.4) is 0 Å². The molecule has 0 saturated heterocycles. The van der Waals surface area contributed by atoms with Crippen molar-refractivity contribution < 1.29 is 9.47 Å². The van der Waals surface area contributed by atoms with Gasteiger partial charge in [0.2, 0.25) is 11.8 Å². The van der Waals surface area contributed by atoms with Crippen molar-refractivity contribution in [1.29, 1.82) is 5.26 Å². The Bertz CT molecular complexity index is 1130. The average molecular weight is 413 g/mol. The number of aromatic amines is 1. The molecule has 0 bridgehead atoms. The second-order valence-corrected chi connectivity index (χ2v) is 6.96. The molecular formula is C20H14Cl2N4O2. The number of allylic oxidation sites excluding steroid dienone is 1. The van der Waals surface area contributed by atoms with Crippen LogP contribution in [0.2, 0.25) is 10.0 Å². The van der Waals surface area contributed by atoms with E-state index in [0.29, 0.717) is 27.2 Å². The minimum Gasteiger partial charge on any atom is -0.497 e. The number of rotatable bonds is 3. The van der Waals surface area contributed by atoms with Crippen LogP contribution in [0.5, 0.6) is 11.6 Å². The first-order valence-electron chi connectivity index (χ1n) is 8.28. The molecule has 140 valence electrons. The average Bonchev–Trinajstić information content (AvgIpc) is 3.12. The van der Waals surface area contributed by atoms with Crippen LogP contribution in [0.15, 0.2) is 53.9 Å². The Morgan fingerprint density at radius 3 is 2.57 bits per heavy atom. The van der Waals surface area contributed by atoms with E-state index in [0.717, 1.165) is 16.9 Å². The number of fused-ring (bicyclic) bond motifs is 1. The Morgan fingerprint density at radius 1 is 1.18 bits per heavy atom. The topological polar surface area (TPSA) is 97.0 Å². The SMILES string of the molecule is COc1ccc(-c2[nH]nc3c2[C@H](c2ccc(Cl)c(Cl)c2)C(C#N)=C(N)O3)cc1. The monoisotopic (exact) mass is 412 g/mol. The molecule has 4 rings (SSSR count). The third-order valence-corrected chi connectivity index (χ3v) is 5.33. The maximum Gasteiger partial charge on any atom is 0.244 e. The van der Waals surface area contributed by atoms with Crippen LogP contribution >= 0.6 is 23.2 Å². The highest BCUT2D eigenvalue weighted by molar-refractivity contribution is 6.42. The second-order valence-electron chi connectivity index (χ2n) is 6.14. The van der Waals surface area contributed by atoms with Gasteiger partial charge in [0.25, 0.3) is 0 Å². The number of methoxy groups -OCH3 is 1. The molecule has 0 saturated carbocycles. The van der Waals surface area contributed by atoms with E-state index in [1.165, 1.54) is 0 Å². The molecule has 0 spiro atoms. The summed E-state index contributed by atoms with van der Waals surface area (Å²) in [7, 11) is 1.61. The van der Waals surface area contributed by atoms with Crippen LogP contribution < -0.4 is 15.2 Å². The zero-order chi connectivity index (χ0) is 19.8. The summed E-state index contributed by atoms with van der Waals surface area (Å²) in [6.45, 7) is 0. The van der Waals surface area contributed by atoms with Gasteiger partial charge in [-0.3, -0.25) is 5.10 Å². The van der Waals surface area contributed by atoms with Gasteiger partial charge in [-0.1, -0.05) is 29.3 Å². The first kappa shape index (κ1) is 18.2. The lowest BCUT2D eigenvalue weighted by atomic mass is 9.83. The van der Waals surface area contributed by atoms with Gasteiger partial charge in [0.1, 0.15) is 17.4 Å². The lowest BCUT2D eigenvalue weighted by Crippen LogP contribution is -2.21. The molecule has 1 aromatic heterocycles. The van der Waals surface area contributed by atoms with Gasteiger partial charge in [-0.2, -0.15) is 5.26 Å². The highest BCUT2D eigenvalue weighted by atomic mass is 35.5. The number of nitrogens with two attached hydrogens (primary N) is 1. The first-order chi connectivity index (χ1) is 13.5. The van der Waals surface area contributed by atoms with E-state index in [1.54, 1.807) is 19.2 Å². The Hall–Kier alpha value is -3.14. The number of ether oxygens (including phenoxy) is 2. The predicted octanol–water partition coefficient (Wildman–Crippen LogP) is 4.61. The van der Waals surface area contributed by atoms with Gasteiger partial charge < -0.3 is 15.2 Å². The summed E-state index contributed by atoms with van der Waals surface area (Å²) < 4.78 is 10.8. The zero-order valence-electron chi connectivity index (χ0n) is 14.7. The molecule has 1 aliphatic heterocycles. The van der Waals surface area contributed by atoms with Crippen molar-refractivity contribution >= 4 is 23.2 Å². The number of hydrogen-bond donors (Lipinski definition) is 2. The summed E-state index contributed by atoms with van der Waals surface area (Å²) in [5, 5.41) is 17.8. The van der Waals surface area contributed by atoms with Crippen LogP contribution in [-0.4, -0.2) is 17.3 Å². The summed E-state index contributed by atoms with van der Waals surface area (Å²) >= 11 is 12.3. The lowest BCUT2D eigenvalue weighted by Gasteiger charge is -2.24. The fraction of sp³-hybridized carbons (Fsp3) is 0.100. The van der Waals surface area contributed by atoms with Gasteiger partial charge in [-0.05, 0) is 42.0 Å². The maximum absolute atomic E-state index is 9.74. The van der Waals surface area contributed by atoms with E-state index < -0.39 is 5.92 Å². The van der Waals surface area contributed by atoms with Crippen molar-refractivity contribution in [2.75, 3.05) is 7.11 Å². The molecular weight excluding hydrogens is 399 g/mol. The molecule has 8 heteroatoms. The van der Waals surface area contributed by atoms with Gasteiger partial charge >= 0.3 is 0 Å². The molecule has 0 aliphatic carbocycles. The Labute approximate surface area is 171 Å². The van der Waals surface area contributed by atoms with Gasteiger partial charge in [0, 0.05) is 5.56 Å². The summed E-state index contributed by atoms with van der Waals surface area (Å²) in [5.41, 5.74) is 9.31. The molecule has 2 aromatic carbocycles. The normalized spacial score (nSPS) is 15.6. The maximum atomic E-state index is 9.74. The molecule has 3 N–H and O–H groups in total. The van der Waals surface area contributed by atoms with Crippen LogP contribution in [-0.2, 0) is 0 Å². The third kappa shape index (κ3) is 2.95. The first-order valence-corrected chi connectivity index (χ1v) is 9.04. The summed E-state index contributed by atoms with van der Waals surface area (Å²) in [6.07, 6.45) is 0. The molecule has 0 radical (unpaired) electrons. The van der Waals surface area contributed by atoms with E-state index in [4.69, 9.17) is 38.4 Å². The molecule has 1 aliphatic rings. The van der Waals surface area contributed by atoms with Crippen molar-refractivity contribution in [3.05, 3.63) is 75.1 Å². The van der Waals surface area contributed by atoms with E-state index in [1.807, 2.05) is 30.3 Å². The van der Waals surface area contributed by atoms with Crippen molar-refractivity contribution in [1.82, 2.24) is 10.2 Å². The van der Waals surface area contributed by atoms with Crippen molar-refractivity contribution in [2.24, 2.45) is 5.73 Å². The third-order valence-electron chi connectivity index (χ3n) is 4.59. The van der Waals surface area contributed by atoms with Crippen LogP contribution in [0.25, 0.3) is 11.3 Å². The lowest BCUT2D eigenvalue weighted by molar-refractivity contribution is 0.379. The molecule has 28 heavy (non-hydrogen) atoms. The zero-order valence-corrected chi connectivity index (χ0v) is 16.2. The molecule has 0 unspecified atom stereocenters. The van der Waals surface area contributed by atoms with Crippen LogP contribution in [0.4, 0.5) is 0 Å². The van der Waals surface area contributed by atoms with E-state index in [9.17, 15) is 5.26 Å². The minimum atomic E-state index is -0.501. The molecule has 0 fully saturated rings. The number of halogens is 2. The fourth-order valence-electron chi connectivity index (χ4n) is 3.25. The summed E-state index contributed by atoms with van der Waals surface area (Å²) in [6, 6.07) is 14.8. The molecule has 3 aromatic rings. The Kier molecular flexibility index (Phi) is 4.63. The highest BCUT2D eigenvalue weighted by Crippen LogP contribution is 2.46. The number of benzene rings is 2.